The lowest BCUT2D eigenvalue weighted by molar-refractivity contribution is 0.553. The molecule has 0 aliphatic carbocycles. The zero-order valence-corrected chi connectivity index (χ0v) is 14.6. The first-order valence-corrected chi connectivity index (χ1v) is 8.57. The number of halogens is 2. The first-order chi connectivity index (χ1) is 9.63. The first kappa shape index (κ1) is 15.9. The summed E-state index contributed by atoms with van der Waals surface area (Å²) in [4.78, 5) is 1.23. The number of nitrogens with zero attached hydrogens (tertiary/aromatic N) is 2. The summed E-state index contributed by atoms with van der Waals surface area (Å²) in [6.07, 6.45) is 1.70. The van der Waals surface area contributed by atoms with Crippen molar-refractivity contribution in [3.8, 4) is 0 Å². The predicted octanol–water partition coefficient (Wildman–Crippen LogP) is 4.28. The van der Waals surface area contributed by atoms with Crippen LogP contribution in [0.2, 0.25) is 5.02 Å². The summed E-state index contributed by atoms with van der Waals surface area (Å²) < 4.78 is 2.97. The second-order valence-electron chi connectivity index (χ2n) is 4.35. The molecule has 0 fully saturated rings. The number of rotatable bonds is 6. The van der Waals surface area contributed by atoms with E-state index in [0.717, 1.165) is 22.5 Å². The fourth-order valence-corrected chi connectivity index (χ4v) is 3.96. The molecule has 3 nitrogen and oxygen atoms in total. The van der Waals surface area contributed by atoms with E-state index in [1.165, 1.54) is 4.90 Å². The summed E-state index contributed by atoms with van der Waals surface area (Å²) in [5.41, 5.74) is 1.04. The van der Waals surface area contributed by atoms with E-state index in [-0.39, 0.29) is 6.04 Å². The highest BCUT2D eigenvalue weighted by Gasteiger charge is 2.18. The van der Waals surface area contributed by atoms with Crippen LogP contribution in [0.5, 0.6) is 0 Å². The van der Waals surface area contributed by atoms with Crippen molar-refractivity contribution >= 4 is 39.3 Å². The van der Waals surface area contributed by atoms with Crippen molar-refractivity contribution in [3.05, 3.63) is 45.7 Å². The highest BCUT2D eigenvalue weighted by molar-refractivity contribution is 9.10. The fourth-order valence-electron chi connectivity index (χ4n) is 2.03. The largest absolute Gasteiger partial charge is 0.308 e. The van der Waals surface area contributed by atoms with Crippen LogP contribution in [0, 0.1) is 0 Å². The molecular formula is C14H17BrClN3S. The fraction of sp³-hybridized carbons (Fsp3) is 0.357. The Morgan fingerprint density at radius 2 is 2.20 bits per heavy atom. The molecule has 0 spiro atoms. The number of nitrogens with one attached hydrogen (secondary N) is 1. The van der Waals surface area contributed by atoms with E-state index in [2.05, 4.69) is 45.4 Å². The molecule has 1 aromatic heterocycles. The number of hydrogen-bond acceptors (Lipinski definition) is 3. The van der Waals surface area contributed by atoms with Gasteiger partial charge in [-0.05, 0) is 34.6 Å². The Morgan fingerprint density at radius 3 is 2.80 bits per heavy atom. The van der Waals surface area contributed by atoms with Gasteiger partial charge in [0.1, 0.15) is 0 Å². The summed E-state index contributed by atoms with van der Waals surface area (Å²) in [7, 11) is 1.93. The lowest BCUT2D eigenvalue weighted by Gasteiger charge is -2.18. The Hall–Kier alpha value is -0.490. The molecule has 20 heavy (non-hydrogen) atoms. The van der Waals surface area contributed by atoms with E-state index in [0.29, 0.717) is 5.02 Å². The van der Waals surface area contributed by atoms with Gasteiger partial charge in [0.05, 0.1) is 23.0 Å². The van der Waals surface area contributed by atoms with Crippen molar-refractivity contribution in [1.29, 1.82) is 0 Å². The van der Waals surface area contributed by atoms with Gasteiger partial charge in [0, 0.05) is 22.2 Å². The van der Waals surface area contributed by atoms with E-state index >= 15 is 0 Å². The minimum Gasteiger partial charge on any atom is -0.308 e. The molecule has 6 heteroatoms. The second-order valence-corrected chi connectivity index (χ2v) is 6.68. The monoisotopic (exact) mass is 373 g/mol. The van der Waals surface area contributed by atoms with Gasteiger partial charge in [0.15, 0.2) is 0 Å². The molecule has 0 aliphatic heterocycles. The van der Waals surface area contributed by atoms with Gasteiger partial charge in [0.25, 0.3) is 0 Å². The molecule has 1 unspecified atom stereocenters. The second kappa shape index (κ2) is 7.50. The lowest BCUT2D eigenvalue weighted by Crippen LogP contribution is -2.25. The third-order valence-electron chi connectivity index (χ3n) is 2.96. The van der Waals surface area contributed by atoms with Crippen molar-refractivity contribution < 1.29 is 0 Å². The summed E-state index contributed by atoms with van der Waals surface area (Å²) in [6, 6.07) is 8.42. The van der Waals surface area contributed by atoms with Gasteiger partial charge in [0.2, 0.25) is 0 Å². The zero-order valence-electron chi connectivity index (χ0n) is 11.4. The molecule has 2 rings (SSSR count). The van der Waals surface area contributed by atoms with Crippen molar-refractivity contribution in [3.63, 3.8) is 0 Å². The van der Waals surface area contributed by atoms with Gasteiger partial charge in [-0.1, -0.05) is 30.7 Å². The van der Waals surface area contributed by atoms with E-state index in [1.54, 1.807) is 18.0 Å². The molecule has 0 aliphatic rings. The maximum absolute atomic E-state index is 6.25. The van der Waals surface area contributed by atoms with Crippen LogP contribution in [0.1, 0.15) is 18.7 Å². The molecule has 0 saturated carbocycles. The average Bonchev–Trinajstić information content (AvgIpc) is 2.76. The van der Waals surface area contributed by atoms with Crippen molar-refractivity contribution in [2.75, 3.05) is 12.3 Å². The van der Waals surface area contributed by atoms with E-state index < -0.39 is 0 Å². The summed E-state index contributed by atoms with van der Waals surface area (Å²) >= 11 is 11.6. The van der Waals surface area contributed by atoms with Crippen molar-refractivity contribution in [2.24, 2.45) is 7.05 Å². The smallest absolute Gasteiger partial charge is 0.0834 e. The van der Waals surface area contributed by atoms with Gasteiger partial charge in [-0.15, -0.1) is 11.8 Å². The molecule has 1 aromatic carbocycles. The molecule has 0 bridgehead atoms. The van der Waals surface area contributed by atoms with Crippen LogP contribution in [0.25, 0.3) is 0 Å². The van der Waals surface area contributed by atoms with Gasteiger partial charge in [-0.25, -0.2) is 0 Å². The Bertz CT molecular complexity index is 554. The Labute approximate surface area is 137 Å². The molecule has 1 N–H and O–H groups in total. The van der Waals surface area contributed by atoms with Crippen LogP contribution in [-0.4, -0.2) is 22.1 Å². The van der Waals surface area contributed by atoms with E-state index in [1.807, 2.05) is 23.9 Å². The highest BCUT2D eigenvalue weighted by Crippen LogP contribution is 2.32. The highest BCUT2D eigenvalue weighted by atomic mass is 79.9. The molecule has 2 aromatic rings. The van der Waals surface area contributed by atoms with Crippen LogP contribution in [0.4, 0.5) is 0 Å². The van der Waals surface area contributed by atoms with Crippen LogP contribution in [0.3, 0.4) is 0 Å². The summed E-state index contributed by atoms with van der Waals surface area (Å²) in [5, 5.41) is 8.41. The van der Waals surface area contributed by atoms with Crippen LogP contribution < -0.4 is 5.32 Å². The van der Waals surface area contributed by atoms with E-state index in [4.69, 9.17) is 11.6 Å². The maximum atomic E-state index is 6.25. The van der Waals surface area contributed by atoms with Gasteiger partial charge < -0.3 is 5.32 Å². The zero-order chi connectivity index (χ0) is 14.5. The molecule has 1 atom stereocenters. The van der Waals surface area contributed by atoms with Crippen LogP contribution in [0.15, 0.2) is 39.8 Å². The van der Waals surface area contributed by atoms with Crippen molar-refractivity contribution in [1.82, 2.24) is 15.1 Å². The minimum atomic E-state index is 0.178. The van der Waals surface area contributed by atoms with Crippen LogP contribution >= 0.6 is 39.3 Å². The molecule has 0 saturated heterocycles. The minimum absolute atomic E-state index is 0.178. The maximum Gasteiger partial charge on any atom is 0.0834 e. The Balaban J connectivity index is 2.13. The molecule has 1 heterocycles. The third kappa shape index (κ3) is 3.79. The van der Waals surface area contributed by atoms with Crippen LogP contribution in [-0.2, 0) is 7.05 Å². The number of aryl methyl sites for hydroxylation is 1. The first-order valence-electron chi connectivity index (χ1n) is 6.41. The van der Waals surface area contributed by atoms with Gasteiger partial charge in [-0.3, -0.25) is 4.68 Å². The average molecular weight is 375 g/mol. The molecule has 0 amide bonds. The molecule has 108 valence electrons. The summed E-state index contributed by atoms with van der Waals surface area (Å²) in [6.45, 7) is 2.99. The number of aromatic nitrogens is 2. The van der Waals surface area contributed by atoms with Crippen molar-refractivity contribution in [2.45, 2.75) is 17.9 Å². The standard InChI is InChI=1S/C14H17BrClN3S/c1-3-17-12(14-11(16)8-18-19(14)2)9-20-13-7-5-4-6-10(13)15/h4-8,12,17H,3,9H2,1-2H3. The topological polar surface area (TPSA) is 29.9 Å². The number of benzene rings is 1. The SMILES string of the molecule is CCNC(CSc1ccccc1Br)c1c(Cl)cnn1C. The normalized spacial score (nSPS) is 12.6. The third-order valence-corrected chi connectivity index (χ3v) is 5.37. The number of hydrogen-bond donors (Lipinski definition) is 1. The summed E-state index contributed by atoms with van der Waals surface area (Å²) in [5.74, 6) is 0.899. The molecular weight excluding hydrogens is 358 g/mol. The lowest BCUT2D eigenvalue weighted by atomic mass is 10.2. The number of thioether (sulfide) groups is 1. The quantitative estimate of drug-likeness (QED) is 0.765. The van der Waals surface area contributed by atoms with E-state index in [9.17, 15) is 0 Å². The van der Waals surface area contributed by atoms with Gasteiger partial charge >= 0.3 is 0 Å². The predicted molar refractivity (Wildman–Crippen MR) is 89.5 cm³/mol. The molecule has 0 radical (unpaired) electrons. The Kier molecular flexibility index (Phi) is 5.96. The Morgan fingerprint density at radius 1 is 1.45 bits per heavy atom. The van der Waals surface area contributed by atoms with Gasteiger partial charge in [-0.2, -0.15) is 5.10 Å².